The van der Waals surface area contributed by atoms with E-state index in [4.69, 9.17) is 4.74 Å². The van der Waals surface area contributed by atoms with Crippen LogP contribution in [-0.4, -0.2) is 85.4 Å². The normalized spacial score (nSPS) is 26.0. The van der Waals surface area contributed by atoms with Crippen LogP contribution in [0.2, 0.25) is 0 Å². The van der Waals surface area contributed by atoms with Crippen LogP contribution in [0.3, 0.4) is 0 Å². The molecule has 2 fully saturated rings. The van der Waals surface area contributed by atoms with E-state index in [9.17, 15) is 9.90 Å². The molecule has 2 aliphatic rings. The molecule has 0 aliphatic carbocycles. The minimum absolute atomic E-state index is 0.0199. The van der Waals surface area contributed by atoms with Crippen LogP contribution in [0.5, 0.6) is 0 Å². The van der Waals surface area contributed by atoms with Gasteiger partial charge in [-0.3, -0.25) is 9.69 Å². The van der Waals surface area contributed by atoms with Gasteiger partial charge in [0.1, 0.15) is 0 Å². The van der Waals surface area contributed by atoms with Crippen LogP contribution in [0.4, 0.5) is 5.69 Å². The first kappa shape index (κ1) is 20.1. The van der Waals surface area contributed by atoms with Crippen LogP contribution in [-0.2, 0) is 9.53 Å². The highest BCUT2D eigenvalue weighted by atomic mass is 16.5. The van der Waals surface area contributed by atoms with Gasteiger partial charge in [-0.1, -0.05) is 12.1 Å². The molecule has 0 aromatic heterocycles. The molecule has 0 bridgehead atoms. The Hall–Kier alpha value is -1.63. The van der Waals surface area contributed by atoms with Gasteiger partial charge in [0.2, 0.25) is 0 Å². The average Bonchev–Trinajstić information content (AvgIpc) is 2.61. The third kappa shape index (κ3) is 4.62. The predicted molar refractivity (Wildman–Crippen MR) is 107 cm³/mol. The highest BCUT2D eigenvalue weighted by Crippen LogP contribution is 2.29. The standard InChI is InChI=1S/C21H33N3O3/c1-17-6-5-7-18(14-17)24-10-8-21(26,9-11-24)16-23-12-13-27-20(2,15-23)19(25)22(3)4/h5-7,14,26H,8-13,15-16H2,1-4H3/t20-/m0/s1. The van der Waals surface area contributed by atoms with Crippen molar-refractivity contribution in [2.75, 3.05) is 58.3 Å². The summed E-state index contributed by atoms with van der Waals surface area (Å²) < 4.78 is 5.80. The van der Waals surface area contributed by atoms with E-state index in [1.165, 1.54) is 11.3 Å². The third-order valence-electron chi connectivity index (χ3n) is 5.79. The number of rotatable bonds is 4. The number of ether oxygens (including phenoxy) is 1. The SMILES string of the molecule is Cc1cccc(N2CCC(O)(CN3CCO[C@](C)(C(=O)N(C)C)C3)CC2)c1. The van der Waals surface area contributed by atoms with Crippen molar-refractivity contribution in [1.29, 1.82) is 0 Å². The van der Waals surface area contributed by atoms with Crippen LogP contribution in [0.1, 0.15) is 25.3 Å². The number of aliphatic hydroxyl groups is 1. The summed E-state index contributed by atoms with van der Waals surface area (Å²) in [6.07, 6.45) is 1.47. The monoisotopic (exact) mass is 375 g/mol. The summed E-state index contributed by atoms with van der Waals surface area (Å²) in [5, 5.41) is 11.2. The molecule has 2 aliphatic heterocycles. The topological polar surface area (TPSA) is 56.2 Å². The molecule has 1 aromatic carbocycles. The number of benzene rings is 1. The number of hydrogen-bond donors (Lipinski definition) is 1. The number of hydrogen-bond acceptors (Lipinski definition) is 5. The van der Waals surface area contributed by atoms with Gasteiger partial charge in [-0.05, 0) is 44.4 Å². The van der Waals surface area contributed by atoms with Crippen molar-refractivity contribution in [3.63, 3.8) is 0 Å². The first-order valence-corrected chi connectivity index (χ1v) is 9.83. The molecule has 1 N–H and O–H groups in total. The Morgan fingerprint density at radius 1 is 1.26 bits per heavy atom. The molecule has 0 radical (unpaired) electrons. The summed E-state index contributed by atoms with van der Waals surface area (Å²) in [7, 11) is 3.51. The van der Waals surface area contributed by atoms with Gasteiger partial charge < -0.3 is 19.6 Å². The van der Waals surface area contributed by atoms with Crippen molar-refractivity contribution in [1.82, 2.24) is 9.80 Å². The Labute approximate surface area is 162 Å². The summed E-state index contributed by atoms with van der Waals surface area (Å²) in [6, 6.07) is 8.53. The zero-order valence-electron chi connectivity index (χ0n) is 17.1. The Kier molecular flexibility index (Phi) is 5.79. The summed E-state index contributed by atoms with van der Waals surface area (Å²) in [5.41, 5.74) is 0.944. The molecule has 3 rings (SSSR count). The van der Waals surface area contributed by atoms with Gasteiger partial charge in [0.05, 0.1) is 12.2 Å². The van der Waals surface area contributed by atoms with Crippen molar-refractivity contribution >= 4 is 11.6 Å². The van der Waals surface area contributed by atoms with Crippen LogP contribution in [0.15, 0.2) is 24.3 Å². The van der Waals surface area contributed by atoms with Crippen molar-refractivity contribution in [2.45, 2.75) is 37.9 Å². The molecule has 0 spiro atoms. The summed E-state index contributed by atoms with van der Waals surface area (Å²) in [6.45, 7) is 8.03. The molecule has 1 amide bonds. The number of piperidine rings is 1. The molecule has 2 heterocycles. The Morgan fingerprint density at radius 3 is 2.59 bits per heavy atom. The Bertz CT molecular complexity index is 670. The lowest BCUT2D eigenvalue weighted by atomic mass is 9.89. The third-order valence-corrected chi connectivity index (χ3v) is 5.79. The van der Waals surface area contributed by atoms with Crippen LogP contribution in [0.25, 0.3) is 0 Å². The number of carbonyl (C=O) groups excluding carboxylic acids is 1. The van der Waals surface area contributed by atoms with E-state index in [-0.39, 0.29) is 5.91 Å². The minimum atomic E-state index is -0.833. The molecule has 150 valence electrons. The second-order valence-corrected chi connectivity index (χ2v) is 8.54. The lowest BCUT2D eigenvalue weighted by molar-refractivity contribution is -0.168. The minimum Gasteiger partial charge on any atom is -0.388 e. The Morgan fingerprint density at radius 2 is 1.96 bits per heavy atom. The van der Waals surface area contributed by atoms with Crippen molar-refractivity contribution in [2.24, 2.45) is 0 Å². The average molecular weight is 376 g/mol. The summed E-state index contributed by atoms with van der Waals surface area (Å²) >= 11 is 0. The summed E-state index contributed by atoms with van der Waals surface area (Å²) in [5.74, 6) is -0.0199. The molecule has 6 heteroatoms. The van der Waals surface area contributed by atoms with E-state index >= 15 is 0 Å². The van der Waals surface area contributed by atoms with E-state index in [0.717, 1.165) is 32.5 Å². The van der Waals surface area contributed by atoms with Gasteiger partial charge in [0.15, 0.2) is 5.60 Å². The molecule has 0 saturated carbocycles. The van der Waals surface area contributed by atoms with Gasteiger partial charge in [0, 0.05) is 52.5 Å². The highest BCUT2D eigenvalue weighted by Gasteiger charge is 2.43. The van der Waals surface area contributed by atoms with Gasteiger partial charge in [-0.2, -0.15) is 0 Å². The maximum atomic E-state index is 12.5. The quantitative estimate of drug-likeness (QED) is 0.865. The summed E-state index contributed by atoms with van der Waals surface area (Å²) in [4.78, 5) is 18.6. The Balaban J connectivity index is 1.59. The maximum absolute atomic E-state index is 12.5. The van der Waals surface area contributed by atoms with Gasteiger partial charge in [-0.25, -0.2) is 0 Å². The maximum Gasteiger partial charge on any atom is 0.255 e. The molecule has 2 saturated heterocycles. The lowest BCUT2D eigenvalue weighted by Crippen LogP contribution is -2.61. The molecule has 1 aromatic rings. The number of morpholine rings is 1. The first-order chi connectivity index (χ1) is 12.7. The number of carbonyl (C=O) groups is 1. The zero-order valence-corrected chi connectivity index (χ0v) is 17.1. The smallest absolute Gasteiger partial charge is 0.255 e. The first-order valence-electron chi connectivity index (χ1n) is 9.83. The number of β-amino-alcohol motifs (C(OH)–C–C–N with tert-alkyl or cyclic N) is 1. The number of likely N-dealkylation sites (N-methyl/N-ethyl adjacent to an activating group) is 1. The molecule has 1 atom stereocenters. The van der Waals surface area contributed by atoms with Gasteiger partial charge in [-0.15, -0.1) is 0 Å². The number of anilines is 1. The van der Waals surface area contributed by atoms with Crippen LogP contribution >= 0.6 is 0 Å². The van der Waals surface area contributed by atoms with E-state index in [1.807, 2.05) is 6.92 Å². The van der Waals surface area contributed by atoms with Crippen LogP contribution in [0, 0.1) is 6.92 Å². The fourth-order valence-corrected chi connectivity index (χ4v) is 4.27. The van der Waals surface area contributed by atoms with Crippen molar-refractivity contribution in [3.8, 4) is 0 Å². The highest BCUT2D eigenvalue weighted by molar-refractivity contribution is 5.84. The number of aryl methyl sites for hydroxylation is 1. The van der Waals surface area contributed by atoms with Crippen molar-refractivity contribution < 1.29 is 14.6 Å². The predicted octanol–water partition coefficient (Wildman–Crippen LogP) is 1.51. The molecule has 27 heavy (non-hydrogen) atoms. The fourth-order valence-electron chi connectivity index (χ4n) is 4.27. The zero-order chi connectivity index (χ0) is 19.7. The fraction of sp³-hybridized carbons (Fsp3) is 0.667. The molecular weight excluding hydrogens is 342 g/mol. The van der Waals surface area contributed by atoms with E-state index < -0.39 is 11.2 Å². The molecular formula is C21H33N3O3. The number of amides is 1. The second kappa shape index (κ2) is 7.78. The molecule has 6 nitrogen and oxygen atoms in total. The second-order valence-electron chi connectivity index (χ2n) is 8.54. The van der Waals surface area contributed by atoms with Crippen LogP contribution < -0.4 is 4.90 Å². The van der Waals surface area contributed by atoms with Crippen molar-refractivity contribution in [3.05, 3.63) is 29.8 Å². The van der Waals surface area contributed by atoms with Gasteiger partial charge >= 0.3 is 0 Å². The van der Waals surface area contributed by atoms with E-state index in [2.05, 4.69) is 41.0 Å². The van der Waals surface area contributed by atoms with E-state index in [0.29, 0.717) is 19.7 Å². The van der Waals surface area contributed by atoms with Gasteiger partial charge in [0.25, 0.3) is 5.91 Å². The number of nitrogens with zero attached hydrogens (tertiary/aromatic N) is 3. The lowest BCUT2D eigenvalue weighted by Gasteiger charge is -2.45. The largest absolute Gasteiger partial charge is 0.388 e. The molecule has 0 unspecified atom stereocenters. The van der Waals surface area contributed by atoms with E-state index in [1.54, 1.807) is 19.0 Å².